The molecule has 13 heteroatoms. The van der Waals surface area contributed by atoms with Gasteiger partial charge in [0.15, 0.2) is 12.4 Å². The zero-order chi connectivity index (χ0) is 27.8. The lowest BCUT2D eigenvalue weighted by Gasteiger charge is -2.41. The first-order valence-corrected chi connectivity index (χ1v) is 12.0. The van der Waals surface area contributed by atoms with Crippen molar-refractivity contribution in [3.63, 3.8) is 0 Å². The Balaban J connectivity index is 1.68. The summed E-state index contributed by atoms with van der Waals surface area (Å²) in [5.41, 5.74) is 6.65. The molecule has 1 aliphatic heterocycles. The van der Waals surface area contributed by atoms with Crippen molar-refractivity contribution in [2.75, 3.05) is 37.0 Å². The third-order valence-electron chi connectivity index (χ3n) is 6.51. The number of hydrogen-bond donors (Lipinski definition) is 3. The highest BCUT2D eigenvalue weighted by molar-refractivity contribution is 6.33. The number of nitrogens with two attached hydrogens (primary N) is 1. The van der Waals surface area contributed by atoms with Gasteiger partial charge in [0.05, 0.1) is 23.2 Å². The molecular weight excluding hydrogens is 520 g/mol. The minimum absolute atomic E-state index is 0.00737. The highest BCUT2D eigenvalue weighted by atomic mass is 35.5. The van der Waals surface area contributed by atoms with Gasteiger partial charge < -0.3 is 30.6 Å². The number of alkyl halides is 2. The molecule has 1 amide bonds. The van der Waals surface area contributed by atoms with E-state index in [0.717, 1.165) is 0 Å². The van der Waals surface area contributed by atoms with Gasteiger partial charge in [-0.2, -0.15) is 0 Å². The van der Waals surface area contributed by atoms with Gasteiger partial charge >= 0.3 is 0 Å². The number of rotatable bonds is 6. The van der Waals surface area contributed by atoms with E-state index in [2.05, 4.69) is 20.5 Å². The minimum atomic E-state index is -3.03. The van der Waals surface area contributed by atoms with E-state index in [1.54, 1.807) is 30.1 Å². The molecule has 10 nitrogen and oxygen atoms in total. The number of nitrogens with zero attached hydrogens (tertiary/aromatic N) is 4. The number of benzene rings is 1. The number of fused-ring (bicyclic) bond motifs is 1. The molecule has 3 aromatic rings. The number of anilines is 3. The predicted molar refractivity (Wildman–Crippen MR) is 142 cm³/mol. The van der Waals surface area contributed by atoms with E-state index in [1.807, 2.05) is 0 Å². The monoisotopic (exact) mass is 545 g/mol. The SMILES string of the molecule is [C-]#[N+]c1cc(Cl)c(Nc2ccc3c(c2)cc(OCC(=O)NC)c(=O)n3C)nc1N1CC(C)C(F)(F)C(N)C1. The maximum atomic E-state index is 14.3. The van der Waals surface area contributed by atoms with E-state index in [4.69, 9.17) is 28.6 Å². The van der Waals surface area contributed by atoms with Gasteiger partial charge in [-0.1, -0.05) is 18.5 Å². The molecule has 1 saturated heterocycles. The van der Waals surface area contributed by atoms with Gasteiger partial charge in [-0.3, -0.25) is 9.59 Å². The van der Waals surface area contributed by atoms with Gasteiger partial charge in [0.25, 0.3) is 17.4 Å². The van der Waals surface area contributed by atoms with Crippen LogP contribution in [0, 0.1) is 12.5 Å². The standard InChI is InChI=1S/C25H26ClF2N7O3/c1-13-10-35(11-20(29)25(13,27)28)23-17(30-2)9-16(26)22(33-23)32-15-5-6-18-14(7-15)8-19(24(37)34(18)4)38-12-21(36)31-3/h5-9,13,20H,10-12,29H2,1,3-4H3,(H,31,36)(H,32,33). The maximum Gasteiger partial charge on any atom is 0.293 e. The zero-order valence-corrected chi connectivity index (χ0v) is 21.6. The number of likely N-dealkylation sites (N-methyl/N-ethyl adjacent to an activating group) is 1. The number of carbonyl (C=O) groups is 1. The van der Waals surface area contributed by atoms with Gasteiger partial charge in [-0.25, -0.2) is 18.6 Å². The molecule has 3 heterocycles. The molecule has 38 heavy (non-hydrogen) atoms. The summed E-state index contributed by atoms with van der Waals surface area (Å²) in [7, 11) is 3.05. The summed E-state index contributed by atoms with van der Waals surface area (Å²) in [5.74, 6) is -4.02. The summed E-state index contributed by atoms with van der Waals surface area (Å²) in [4.78, 5) is 33.7. The minimum Gasteiger partial charge on any atom is -0.478 e. The lowest BCUT2D eigenvalue weighted by Crippen LogP contribution is -2.60. The summed E-state index contributed by atoms with van der Waals surface area (Å²) in [6.45, 7) is 8.43. The molecule has 0 bridgehead atoms. The van der Waals surface area contributed by atoms with E-state index in [0.29, 0.717) is 16.6 Å². The first-order valence-electron chi connectivity index (χ1n) is 11.7. The van der Waals surface area contributed by atoms with E-state index in [-0.39, 0.29) is 53.7 Å². The lowest BCUT2D eigenvalue weighted by molar-refractivity contribution is -0.122. The van der Waals surface area contributed by atoms with Crippen molar-refractivity contribution in [1.82, 2.24) is 14.9 Å². The van der Waals surface area contributed by atoms with Crippen LogP contribution in [0.1, 0.15) is 6.92 Å². The Labute approximate surface area is 222 Å². The van der Waals surface area contributed by atoms with Crippen LogP contribution in [0.4, 0.5) is 31.8 Å². The molecule has 0 saturated carbocycles. The summed E-state index contributed by atoms with van der Waals surface area (Å²) in [5, 5.41) is 6.32. The molecule has 2 atom stereocenters. The smallest absolute Gasteiger partial charge is 0.293 e. The number of aryl methyl sites for hydroxylation is 1. The van der Waals surface area contributed by atoms with Crippen LogP contribution in [-0.2, 0) is 11.8 Å². The lowest BCUT2D eigenvalue weighted by atomic mass is 9.91. The second-order valence-corrected chi connectivity index (χ2v) is 9.50. The fourth-order valence-electron chi connectivity index (χ4n) is 4.28. The van der Waals surface area contributed by atoms with Crippen LogP contribution in [0.25, 0.3) is 15.7 Å². The van der Waals surface area contributed by atoms with Crippen molar-refractivity contribution in [2.24, 2.45) is 18.7 Å². The van der Waals surface area contributed by atoms with Crippen molar-refractivity contribution in [3.8, 4) is 5.75 Å². The topological polar surface area (TPSA) is 119 Å². The molecular formula is C25H26ClF2N7O3. The van der Waals surface area contributed by atoms with Crippen LogP contribution < -0.4 is 31.6 Å². The van der Waals surface area contributed by atoms with Crippen LogP contribution >= 0.6 is 11.6 Å². The quantitative estimate of drug-likeness (QED) is 0.406. The highest BCUT2D eigenvalue weighted by Crippen LogP contribution is 2.40. The summed E-state index contributed by atoms with van der Waals surface area (Å²) >= 11 is 6.41. The fourth-order valence-corrected chi connectivity index (χ4v) is 4.48. The van der Waals surface area contributed by atoms with Crippen LogP contribution in [0.3, 0.4) is 0 Å². The molecule has 1 fully saturated rings. The molecule has 0 spiro atoms. The molecule has 200 valence electrons. The average molecular weight is 546 g/mol. The summed E-state index contributed by atoms with van der Waals surface area (Å²) in [6.07, 6.45) is 0. The second-order valence-electron chi connectivity index (χ2n) is 9.09. The Morgan fingerprint density at radius 1 is 1.34 bits per heavy atom. The number of hydrogen-bond acceptors (Lipinski definition) is 7. The molecule has 1 aliphatic rings. The zero-order valence-electron chi connectivity index (χ0n) is 20.9. The molecule has 2 unspecified atom stereocenters. The van der Waals surface area contributed by atoms with Crippen molar-refractivity contribution in [1.29, 1.82) is 0 Å². The largest absolute Gasteiger partial charge is 0.478 e. The number of piperidine rings is 1. The first-order chi connectivity index (χ1) is 18.0. The van der Waals surface area contributed by atoms with Gasteiger partial charge in [0, 0.05) is 44.2 Å². The van der Waals surface area contributed by atoms with Gasteiger partial charge in [0.1, 0.15) is 11.6 Å². The van der Waals surface area contributed by atoms with Crippen molar-refractivity contribution in [3.05, 3.63) is 57.1 Å². The fraction of sp³-hybridized carbons (Fsp3) is 0.360. The second kappa shape index (κ2) is 10.4. The number of aromatic nitrogens is 2. The molecule has 4 N–H and O–H groups in total. The van der Waals surface area contributed by atoms with Crippen LogP contribution in [0.15, 0.2) is 35.1 Å². The van der Waals surface area contributed by atoms with E-state index in [1.165, 1.54) is 30.7 Å². The number of nitrogens with one attached hydrogen (secondary N) is 2. The third kappa shape index (κ3) is 5.07. The van der Waals surface area contributed by atoms with E-state index < -0.39 is 23.4 Å². The average Bonchev–Trinajstić information content (AvgIpc) is 2.89. The Bertz CT molecular complexity index is 1490. The highest BCUT2D eigenvalue weighted by Gasteiger charge is 2.48. The van der Waals surface area contributed by atoms with Crippen LogP contribution in [0.2, 0.25) is 5.02 Å². The Morgan fingerprint density at radius 2 is 2.08 bits per heavy atom. The van der Waals surface area contributed by atoms with Gasteiger partial charge in [0.2, 0.25) is 5.69 Å². The maximum absolute atomic E-state index is 14.3. The Kier molecular flexibility index (Phi) is 7.44. The normalized spacial score (nSPS) is 18.6. The predicted octanol–water partition coefficient (Wildman–Crippen LogP) is 3.42. The summed E-state index contributed by atoms with van der Waals surface area (Å²) in [6, 6.07) is 6.72. The van der Waals surface area contributed by atoms with Crippen LogP contribution in [0.5, 0.6) is 5.75 Å². The number of halogens is 3. The molecule has 4 rings (SSSR count). The number of pyridine rings is 2. The van der Waals surface area contributed by atoms with E-state index in [9.17, 15) is 18.4 Å². The Hall–Kier alpha value is -3.95. The van der Waals surface area contributed by atoms with E-state index >= 15 is 0 Å². The van der Waals surface area contributed by atoms with Gasteiger partial charge in [-0.05, 0) is 30.3 Å². The first kappa shape index (κ1) is 27.1. The number of ether oxygens (including phenoxy) is 1. The van der Waals surface area contributed by atoms with Crippen molar-refractivity contribution >= 4 is 51.4 Å². The summed E-state index contributed by atoms with van der Waals surface area (Å²) < 4.78 is 35.4. The van der Waals surface area contributed by atoms with Crippen molar-refractivity contribution in [2.45, 2.75) is 18.9 Å². The molecule has 0 aliphatic carbocycles. The Morgan fingerprint density at radius 3 is 2.74 bits per heavy atom. The van der Waals surface area contributed by atoms with Crippen molar-refractivity contribution < 1.29 is 18.3 Å². The third-order valence-corrected chi connectivity index (χ3v) is 6.80. The van der Waals surface area contributed by atoms with Gasteiger partial charge in [-0.15, -0.1) is 0 Å². The number of amides is 1. The molecule has 2 aromatic heterocycles. The molecule has 1 aromatic carbocycles. The molecule has 0 radical (unpaired) electrons. The number of carbonyl (C=O) groups excluding carboxylic acids is 1. The van der Waals surface area contributed by atoms with Crippen LogP contribution in [-0.4, -0.2) is 54.2 Å².